The highest BCUT2D eigenvalue weighted by Crippen LogP contribution is 2.27. The molecular formula is C16H13F2NO. The van der Waals surface area contributed by atoms with Crippen molar-refractivity contribution in [3.05, 3.63) is 53.6 Å². The zero-order chi connectivity index (χ0) is 14.7. The fourth-order valence-electron chi connectivity index (χ4n) is 1.83. The van der Waals surface area contributed by atoms with Gasteiger partial charge in [-0.3, -0.25) is 0 Å². The van der Waals surface area contributed by atoms with E-state index in [1.165, 1.54) is 6.07 Å². The van der Waals surface area contributed by atoms with Gasteiger partial charge in [0.2, 0.25) is 0 Å². The van der Waals surface area contributed by atoms with Crippen LogP contribution in [0.3, 0.4) is 0 Å². The number of nitriles is 1. The first kappa shape index (κ1) is 14.0. The standard InChI is InChI=1S/C16H13F2NO/c1-10(2)20-16-6-4-11(7-13(16)9-19)12-3-5-14(17)15(18)8-12/h3-8,10H,1-2H3. The summed E-state index contributed by atoms with van der Waals surface area (Å²) < 4.78 is 31.7. The Labute approximate surface area is 116 Å². The van der Waals surface area contributed by atoms with E-state index in [-0.39, 0.29) is 6.10 Å². The van der Waals surface area contributed by atoms with Crippen molar-refractivity contribution < 1.29 is 13.5 Å². The lowest BCUT2D eigenvalue weighted by molar-refractivity contribution is 0.242. The average Bonchev–Trinajstić information content (AvgIpc) is 2.42. The largest absolute Gasteiger partial charge is 0.490 e. The van der Waals surface area contributed by atoms with E-state index in [4.69, 9.17) is 10.00 Å². The van der Waals surface area contributed by atoms with E-state index in [0.717, 1.165) is 12.1 Å². The second-order valence-electron chi connectivity index (χ2n) is 4.62. The van der Waals surface area contributed by atoms with Gasteiger partial charge < -0.3 is 4.74 Å². The molecular weight excluding hydrogens is 260 g/mol. The van der Waals surface area contributed by atoms with Gasteiger partial charge in [0, 0.05) is 0 Å². The van der Waals surface area contributed by atoms with Crippen molar-refractivity contribution in [3.63, 3.8) is 0 Å². The summed E-state index contributed by atoms with van der Waals surface area (Å²) in [5, 5.41) is 9.14. The molecule has 2 rings (SSSR count). The van der Waals surface area contributed by atoms with Crippen LogP contribution in [0.4, 0.5) is 8.78 Å². The summed E-state index contributed by atoms with van der Waals surface area (Å²) in [6, 6.07) is 10.7. The van der Waals surface area contributed by atoms with Gasteiger partial charge in [0.05, 0.1) is 11.7 Å². The van der Waals surface area contributed by atoms with E-state index in [1.54, 1.807) is 18.2 Å². The Morgan fingerprint density at radius 2 is 1.65 bits per heavy atom. The maximum Gasteiger partial charge on any atom is 0.159 e. The Kier molecular flexibility index (Phi) is 3.99. The van der Waals surface area contributed by atoms with Crippen molar-refractivity contribution >= 4 is 0 Å². The molecule has 4 heteroatoms. The molecule has 0 radical (unpaired) electrons. The Balaban J connectivity index is 2.43. The molecule has 0 aliphatic carbocycles. The minimum atomic E-state index is -0.913. The van der Waals surface area contributed by atoms with Crippen LogP contribution in [0.25, 0.3) is 11.1 Å². The van der Waals surface area contributed by atoms with Crippen molar-refractivity contribution in [3.8, 4) is 22.9 Å². The van der Waals surface area contributed by atoms with Crippen LogP contribution in [0.15, 0.2) is 36.4 Å². The highest BCUT2D eigenvalue weighted by molar-refractivity contribution is 5.67. The van der Waals surface area contributed by atoms with Crippen LogP contribution in [-0.2, 0) is 0 Å². The molecule has 0 N–H and O–H groups in total. The molecule has 0 bridgehead atoms. The maximum atomic E-state index is 13.2. The first-order valence-corrected chi connectivity index (χ1v) is 6.17. The monoisotopic (exact) mass is 273 g/mol. The second kappa shape index (κ2) is 5.70. The van der Waals surface area contributed by atoms with Gasteiger partial charge in [0.1, 0.15) is 11.8 Å². The van der Waals surface area contributed by atoms with E-state index in [0.29, 0.717) is 22.4 Å². The Morgan fingerprint density at radius 1 is 1.00 bits per heavy atom. The van der Waals surface area contributed by atoms with Crippen molar-refractivity contribution in [2.75, 3.05) is 0 Å². The van der Waals surface area contributed by atoms with Gasteiger partial charge in [-0.1, -0.05) is 12.1 Å². The molecule has 0 heterocycles. The lowest BCUT2D eigenvalue weighted by atomic mass is 10.0. The highest BCUT2D eigenvalue weighted by Gasteiger charge is 2.09. The van der Waals surface area contributed by atoms with Crippen LogP contribution in [0.5, 0.6) is 5.75 Å². The quantitative estimate of drug-likeness (QED) is 0.835. The molecule has 0 unspecified atom stereocenters. The summed E-state index contributed by atoms with van der Waals surface area (Å²) in [4.78, 5) is 0. The molecule has 0 atom stereocenters. The molecule has 0 aromatic heterocycles. The number of ether oxygens (including phenoxy) is 1. The van der Waals surface area contributed by atoms with Gasteiger partial charge in [-0.15, -0.1) is 0 Å². The number of rotatable bonds is 3. The number of hydrogen-bond acceptors (Lipinski definition) is 2. The maximum absolute atomic E-state index is 13.2. The average molecular weight is 273 g/mol. The van der Waals surface area contributed by atoms with Crippen LogP contribution < -0.4 is 4.74 Å². The van der Waals surface area contributed by atoms with Crippen LogP contribution in [0.1, 0.15) is 19.4 Å². The van der Waals surface area contributed by atoms with Crippen LogP contribution in [0, 0.1) is 23.0 Å². The normalized spacial score (nSPS) is 10.4. The van der Waals surface area contributed by atoms with Gasteiger partial charge >= 0.3 is 0 Å². The van der Waals surface area contributed by atoms with Crippen molar-refractivity contribution in [1.29, 1.82) is 5.26 Å². The number of hydrogen-bond donors (Lipinski definition) is 0. The second-order valence-corrected chi connectivity index (χ2v) is 4.62. The zero-order valence-electron chi connectivity index (χ0n) is 11.2. The Hall–Kier alpha value is -2.41. The number of halogens is 2. The fourth-order valence-corrected chi connectivity index (χ4v) is 1.83. The smallest absolute Gasteiger partial charge is 0.159 e. The SMILES string of the molecule is CC(C)Oc1ccc(-c2ccc(F)c(F)c2)cc1C#N. The van der Waals surface area contributed by atoms with Crippen molar-refractivity contribution in [2.24, 2.45) is 0 Å². The van der Waals surface area contributed by atoms with Gasteiger partial charge in [-0.25, -0.2) is 8.78 Å². The first-order chi connectivity index (χ1) is 9.51. The minimum Gasteiger partial charge on any atom is -0.490 e. The molecule has 2 aromatic rings. The predicted molar refractivity (Wildman–Crippen MR) is 72.3 cm³/mol. The Morgan fingerprint density at radius 3 is 2.25 bits per heavy atom. The first-order valence-electron chi connectivity index (χ1n) is 6.17. The summed E-state index contributed by atoms with van der Waals surface area (Å²) in [6.45, 7) is 3.73. The molecule has 0 saturated carbocycles. The molecule has 102 valence electrons. The number of nitrogens with zero attached hydrogens (tertiary/aromatic N) is 1. The van der Waals surface area contributed by atoms with Crippen LogP contribution >= 0.6 is 0 Å². The summed E-state index contributed by atoms with van der Waals surface area (Å²) in [5.74, 6) is -1.33. The third-order valence-corrected chi connectivity index (χ3v) is 2.72. The van der Waals surface area contributed by atoms with Crippen LogP contribution in [0.2, 0.25) is 0 Å². The summed E-state index contributed by atoms with van der Waals surface area (Å²) in [6.07, 6.45) is -0.0452. The van der Waals surface area contributed by atoms with Gasteiger partial charge in [-0.05, 0) is 49.2 Å². The summed E-state index contributed by atoms with van der Waals surface area (Å²) in [7, 11) is 0. The van der Waals surface area contributed by atoms with Crippen LogP contribution in [-0.4, -0.2) is 6.10 Å². The highest BCUT2D eigenvalue weighted by atomic mass is 19.2. The molecule has 2 aromatic carbocycles. The molecule has 20 heavy (non-hydrogen) atoms. The molecule has 0 aliphatic heterocycles. The zero-order valence-corrected chi connectivity index (χ0v) is 11.2. The van der Waals surface area contributed by atoms with Crippen molar-refractivity contribution in [1.82, 2.24) is 0 Å². The molecule has 0 spiro atoms. The van der Waals surface area contributed by atoms with E-state index in [9.17, 15) is 8.78 Å². The molecule has 0 saturated heterocycles. The summed E-state index contributed by atoms with van der Waals surface area (Å²) in [5.41, 5.74) is 1.51. The van der Waals surface area contributed by atoms with Gasteiger partial charge in [0.15, 0.2) is 11.6 Å². The van der Waals surface area contributed by atoms with Crippen molar-refractivity contribution in [2.45, 2.75) is 20.0 Å². The lowest BCUT2D eigenvalue weighted by Crippen LogP contribution is -2.06. The third kappa shape index (κ3) is 2.94. The van der Waals surface area contributed by atoms with Gasteiger partial charge in [0.25, 0.3) is 0 Å². The van der Waals surface area contributed by atoms with E-state index < -0.39 is 11.6 Å². The predicted octanol–water partition coefficient (Wildman–Crippen LogP) is 4.29. The molecule has 2 nitrogen and oxygen atoms in total. The topological polar surface area (TPSA) is 33.0 Å². The van der Waals surface area contributed by atoms with Gasteiger partial charge in [-0.2, -0.15) is 5.26 Å². The lowest BCUT2D eigenvalue weighted by Gasteiger charge is -2.12. The number of benzene rings is 2. The van der Waals surface area contributed by atoms with E-state index in [2.05, 4.69) is 0 Å². The summed E-state index contributed by atoms with van der Waals surface area (Å²) >= 11 is 0. The van der Waals surface area contributed by atoms with E-state index >= 15 is 0 Å². The van der Waals surface area contributed by atoms with E-state index in [1.807, 2.05) is 19.9 Å². The fraction of sp³-hybridized carbons (Fsp3) is 0.188. The third-order valence-electron chi connectivity index (χ3n) is 2.72. The minimum absolute atomic E-state index is 0.0452. The Bertz CT molecular complexity index is 675. The molecule has 0 amide bonds. The molecule has 0 fully saturated rings. The molecule has 0 aliphatic rings.